The van der Waals surface area contributed by atoms with Gasteiger partial charge in [-0.2, -0.15) is 13.2 Å². The third-order valence-corrected chi connectivity index (χ3v) is 8.96. The second kappa shape index (κ2) is 10.3. The van der Waals surface area contributed by atoms with Gasteiger partial charge in [0.05, 0.1) is 5.56 Å². The summed E-state index contributed by atoms with van der Waals surface area (Å²) in [5, 5.41) is 0. The van der Waals surface area contributed by atoms with Crippen molar-refractivity contribution in [1.82, 2.24) is 0 Å². The molecule has 1 aromatic rings. The summed E-state index contributed by atoms with van der Waals surface area (Å²) < 4.78 is 52.7. The predicted octanol–water partition coefficient (Wildman–Crippen LogP) is 9.31. The zero-order chi connectivity index (χ0) is 22.7. The Labute approximate surface area is 190 Å². The third kappa shape index (κ3) is 5.59. The highest BCUT2D eigenvalue weighted by Gasteiger charge is 2.40. The molecular weight excluding hydrogens is 412 g/mol. The summed E-state index contributed by atoms with van der Waals surface area (Å²) in [6, 6.07) is 3.59. The van der Waals surface area contributed by atoms with Gasteiger partial charge in [-0.25, -0.2) is 4.39 Å². The van der Waals surface area contributed by atoms with Crippen molar-refractivity contribution in [2.24, 2.45) is 29.6 Å². The molecule has 0 saturated heterocycles. The largest absolute Gasteiger partial charge is 0.419 e. The second-order valence-electron chi connectivity index (χ2n) is 10.8. The van der Waals surface area contributed by atoms with Crippen LogP contribution in [0.2, 0.25) is 0 Å². The highest BCUT2D eigenvalue weighted by molar-refractivity contribution is 5.29. The number of hydrogen-bond donors (Lipinski definition) is 0. The quantitative estimate of drug-likeness (QED) is 0.310. The third-order valence-electron chi connectivity index (χ3n) is 8.96. The molecule has 178 valence electrons. The van der Waals surface area contributed by atoms with Gasteiger partial charge < -0.3 is 0 Å². The summed E-state index contributed by atoms with van der Waals surface area (Å²) in [6.45, 7) is 2.10. The summed E-state index contributed by atoms with van der Waals surface area (Å²) >= 11 is 0. The van der Waals surface area contributed by atoms with E-state index in [9.17, 15) is 17.6 Å². The Morgan fingerprint density at radius 2 is 1.47 bits per heavy atom. The van der Waals surface area contributed by atoms with Crippen molar-refractivity contribution in [3.05, 3.63) is 47.3 Å². The van der Waals surface area contributed by atoms with E-state index >= 15 is 0 Å². The van der Waals surface area contributed by atoms with Gasteiger partial charge in [0, 0.05) is 0 Å². The Hall–Kier alpha value is -1.32. The predicted molar refractivity (Wildman–Crippen MR) is 122 cm³/mol. The van der Waals surface area contributed by atoms with Crippen LogP contribution >= 0.6 is 0 Å². The number of rotatable bonds is 5. The smallest absolute Gasteiger partial charge is 0.206 e. The first kappa shape index (κ1) is 23.8. The first-order chi connectivity index (χ1) is 15.3. The highest BCUT2D eigenvalue weighted by Crippen LogP contribution is 2.51. The minimum absolute atomic E-state index is 0.206. The lowest BCUT2D eigenvalue weighted by molar-refractivity contribution is -0.140. The van der Waals surface area contributed by atoms with Gasteiger partial charge in [-0.1, -0.05) is 31.1 Å². The van der Waals surface area contributed by atoms with E-state index in [4.69, 9.17) is 0 Å². The van der Waals surface area contributed by atoms with Gasteiger partial charge in [0.1, 0.15) is 5.82 Å². The Bertz CT molecular complexity index is 772. The lowest BCUT2D eigenvalue weighted by Gasteiger charge is -2.45. The maximum atomic E-state index is 14.1. The van der Waals surface area contributed by atoms with Crippen molar-refractivity contribution in [3.8, 4) is 0 Å². The summed E-state index contributed by atoms with van der Waals surface area (Å²) in [7, 11) is 0. The lowest BCUT2D eigenvalue weighted by Crippen LogP contribution is -2.34. The molecule has 0 aromatic heterocycles. The fraction of sp³-hybridized carbons (Fsp3) is 0.714. The van der Waals surface area contributed by atoms with Crippen LogP contribution in [-0.2, 0) is 6.18 Å². The molecule has 0 aliphatic heterocycles. The molecule has 4 atom stereocenters. The summed E-state index contributed by atoms with van der Waals surface area (Å²) in [4.78, 5) is 0. The van der Waals surface area contributed by atoms with Crippen molar-refractivity contribution < 1.29 is 17.6 Å². The van der Waals surface area contributed by atoms with Gasteiger partial charge >= 0.3 is 6.18 Å². The molecule has 3 saturated carbocycles. The number of allylic oxidation sites excluding steroid dienone is 2. The fourth-order valence-electron chi connectivity index (χ4n) is 7.12. The molecule has 32 heavy (non-hydrogen) atoms. The zero-order valence-corrected chi connectivity index (χ0v) is 19.3. The van der Waals surface area contributed by atoms with E-state index in [2.05, 4.69) is 19.1 Å². The Kier molecular flexibility index (Phi) is 7.67. The van der Waals surface area contributed by atoms with Crippen LogP contribution in [-0.4, -0.2) is 0 Å². The molecule has 0 amide bonds. The highest BCUT2D eigenvalue weighted by atomic mass is 19.4. The van der Waals surface area contributed by atoms with Crippen LogP contribution in [0.25, 0.3) is 0 Å². The van der Waals surface area contributed by atoms with E-state index < -0.39 is 17.6 Å². The zero-order valence-electron chi connectivity index (χ0n) is 19.3. The van der Waals surface area contributed by atoms with Gasteiger partial charge in [-0.3, -0.25) is 0 Å². The van der Waals surface area contributed by atoms with Gasteiger partial charge in [0.2, 0.25) is 0 Å². The molecular formula is C28H38F4. The van der Waals surface area contributed by atoms with Gasteiger partial charge in [-0.15, -0.1) is 0 Å². The number of benzene rings is 1. The molecule has 3 aliphatic rings. The van der Waals surface area contributed by atoms with Crippen molar-refractivity contribution in [2.75, 3.05) is 0 Å². The van der Waals surface area contributed by atoms with E-state index in [1.54, 1.807) is 0 Å². The lowest BCUT2D eigenvalue weighted by atomic mass is 9.60. The van der Waals surface area contributed by atoms with E-state index in [1.807, 2.05) is 0 Å². The Morgan fingerprint density at radius 3 is 2.12 bits per heavy atom. The molecule has 0 nitrogen and oxygen atoms in total. The topological polar surface area (TPSA) is 0 Å². The monoisotopic (exact) mass is 450 g/mol. The normalized spacial score (nSPS) is 33.9. The first-order valence-corrected chi connectivity index (χ1v) is 12.8. The molecule has 4 unspecified atom stereocenters. The average Bonchev–Trinajstić information content (AvgIpc) is 2.78. The SMILES string of the molecule is C/C=C/CCC1CCC(C2CCC3CC(c4ccc(C(F)(F)F)c(F)c4)CCC3C2)CC1. The Morgan fingerprint density at radius 1 is 0.844 bits per heavy atom. The van der Waals surface area contributed by atoms with E-state index in [0.717, 1.165) is 60.6 Å². The minimum atomic E-state index is -4.62. The molecule has 3 fully saturated rings. The van der Waals surface area contributed by atoms with Crippen LogP contribution in [0.15, 0.2) is 30.4 Å². The molecule has 1 aromatic carbocycles. The molecule has 4 heteroatoms. The van der Waals surface area contributed by atoms with Gasteiger partial charge in [0.15, 0.2) is 0 Å². The van der Waals surface area contributed by atoms with Crippen molar-refractivity contribution in [2.45, 2.75) is 96.1 Å². The fourth-order valence-corrected chi connectivity index (χ4v) is 7.12. The van der Waals surface area contributed by atoms with E-state index in [0.29, 0.717) is 5.92 Å². The standard InChI is InChI=1S/C28H38F4/c1-2-3-4-5-19-6-8-20(9-7-19)21-10-11-23-17-24(13-12-22(23)16-21)25-14-15-26(27(29)18-25)28(30,31)32/h2-3,14-15,18-24H,4-13,16-17H2,1H3/b3-2+. The summed E-state index contributed by atoms with van der Waals surface area (Å²) in [6.07, 6.45) is 15.0. The van der Waals surface area contributed by atoms with Crippen LogP contribution in [0, 0.1) is 35.4 Å². The Balaban J connectivity index is 1.28. The average molecular weight is 451 g/mol. The molecule has 0 heterocycles. The minimum Gasteiger partial charge on any atom is -0.206 e. The second-order valence-corrected chi connectivity index (χ2v) is 10.8. The van der Waals surface area contributed by atoms with Crippen LogP contribution < -0.4 is 0 Å². The summed E-state index contributed by atoms with van der Waals surface area (Å²) in [5.41, 5.74) is -0.390. The maximum absolute atomic E-state index is 14.1. The number of alkyl halides is 3. The van der Waals surface area contributed by atoms with E-state index in [1.165, 1.54) is 63.9 Å². The molecule has 0 radical (unpaired) electrons. The molecule has 0 N–H and O–H groups in total. The van der Waals surface area contributed by atoms with Gasteiger partial charge in [-0.05, 0) is 124 Å². The first-order valence-electron chi connectivity index (χ1n) is 12.8. The van der Waals surface area contributed by atoms with Crippen molar-refractivity contribution >= 4 is 0 Å². The van der Waals surface area contributed by atoms with Crippen molar-refractivity contribution in [3.63, 3.8) is 0 Å². The van der Waals surface area contributed by atoms with Crippen LogP contribution in [0.1, 0.15) is 101 Å². The number of hydrogen-bond acceptors (Lipinski definition) is 0. The maximum Gasteiger partial charge on any atom is 0.419 e. The number of halogens is 4. The van der Waals surface area contributed by atoms with Gasteiger partial charge in [0.25, 0.3) is 0 Å². The number of fused-ring (bicyclic) bond motifs is 1. The van der Waals surface area contributed by atoms with Crippen LogP contribution in [0.4, 0.5) is 17.6 Å². The molecule has 3 aliphatic carbocycles. The van der Waals surface area contributed by atoms with Crippen LogP contribution in [0.3, 0.4) is 0 Å². The van der Waals surface area contributed by atoms with Crippen LogP contribution in [0.5, 0.6) is 0 Å². The molecule has 4 rings (SSSR count). The summed E-state index contributed by atoms with van der Waals surface area (Å²) in [5.74, 6) is 3.19. The van der Waals surface area contributed by atoms with Crippen molar-refractivity contribution in [1.29, 1.82) is 0 Å². The molecule has 0 bridgehead atoms. The molecule has 0 spiro atoms. The van der Waals surface area contributed by atoms with E-state index in [-0.39, 0.29) is 5.92 Å².